The molecule has 0 unspecified atom stereocenters. The number of hydrogen-bond acceptors (Lipinski definition) is 5. The second-order valence-corrected chi connectivity index (χ2v) is 7.88. The van der Waals surface area contributed by atoms with Crippen LogP contribution in [0.3, 0.4) is 0 Å². The summed E-state index contributed by atoms with van der Waals surface area (Å²) in [5, 5.41) is 18.4. The van der Waals surface area contributed by atoms with Gasteiger partial charge in [0.15, 0.2) is 5.69 Å². The number of fused-ring (bicyclic) bond motifs is 1. The Balaban J connectivity index is 1.36. The van der Waals surface area contributed by atoms with Crippen LogP contribution in [-0.4, -0.2) is 45.6 Å². The monoisotopic (exact) mass is 452 g/mol. The average Bonchev–Trinajstić information content (AvgIpc) is 3.48. The molecule has 1 aliphatic heterocycles. The molecule has 1 fully saturated rings. The van der Waals surface area contributed by atoms with E-state index in [9.17, 15) is 13.6 Å². The third-order valence-electron chi connectivity index (χ3n) is 5.73. The Labute approximate surface area is 187 Å². The summed E-state index contributed by atoms with van der Waals surface area (Å²) in [7, 11) is 0. The lowest BCUT2D eigenvalue weighted by Gasteiger charge is -2.22. The summed E-state index contributed by atoms with van der Waals surface area (Å²) in [6, 6.07) is 11.9. The van der Waals surface area contributed by atoms with Crippen molar-refractivity contribution >= 4 is 22.5 Å². The number of piperidine rings is 1. The second kappa shape index (κ2) is 8.99. The Kier molecular flexibility index (Phi) is 5.74. The summed E-state index contributed by atoms with van der Waals surface area (Å²) >= 11 is 0. The first-order valence-electron chi connectivity index (χ1n) is 10.7. The van der Waals surface area contributed by atoms with Gasteiger partial charge in [0.1, 0.15) is 5.75 Å². The van der Waals surface area contributed by atoms with Gasteiger partial charge in [-0.3, -0.25) is 14.6 Å². The molecular weight excluding hydrogens is 430 g/mol. The minimum Gasteiger partial charge on any atom is -0.435 e. The Morgan fingerprint density at radius 2 is 1.91 bits per heavy atom. The number of rotatable bonds is 6. The van der Waals surface area contributed by atoms with Gasteiger partial charge in [-0.25, -0.2) is 0 Å². The third-order valence-corrected chi connectivity index (χ3v) is 5.73. The van der Waals surface area contributed by atoms with Crippen LogP contribution in [0.1, 0.15) is 29.4 Å². The molecule has 170 valence electrons. The van der Waals surface area contributed by atoms with E-state index in [-0.39, 0.29) is 11.4 Å². The molecule has 0 saturated carbocycles. The van der Waals surface area contributed by atoms with Gasteiger partial charge in [-0.05, 0) is 67.9 Å². The van der Waals surface area contributed by atoms with E-state index in [4.69, 9.17) is 0 Å². The molecule has 2 aromatic heterocycles. The maximum Gasteiger partial charge on any atom is 0.387 e. The van der Waals surface area contributed by atoms with E-state index in [1.807, 2.05) is 35.3 Å². The number of carbonyl (C=O) groups is 1. The van der Waals surface area contributed by atoms with Crippen LogP contribution in [-0.2, 0) is 0 Å². The molecule has 1 aliphatic rings. The van der Waals surface area contributed by atoms with Crippen molar-refractivity contribution in [1.82, 2.24) is 25.3 Å². The smallest absolute Gasteiger partial charge is 0.387 e. The molecule has 5 rings (SSSR count). The fourth-order valence-electron chi connectivity index (χ4n) is 4.03. The molecule has 0 atom stereocenters. The molecule has 3 N–H and O–H groups in total. The van der Waals surface area contributed by atoms with Crippen molar-refractivity contribution in [3.05, 3.63) is 60.6 Å². The molecule has 1 saturated heterocycles. The van der Waals surface area contributed by atoms with E-state index < -0.39 is 12.5 Å². The molecule has 0 spiro atoms. The van der Waals surface area contributed by atoms with Crippen LogP contribution in [0.2, 0.25) is 0 Å². The van der Waals surface area contributed by atoms with Crippen molar-refractivity contribution in [2.24, 2.45) is 0 Å². The first kappa shape index (κ1) is 21.1. The Morgan fingerprint density at radius 1 is 1.12 bits per heavy atom. The summed E-state index contributed by atoms with van der Waals surface area (Å²) in [5.41, 5.74) is 3.32. The first-order valence-corrected chi connectivity index (χ1v) is 10.7. The molecule has 0 radical (unpaired) electrons. The molecule has 0 aliphatic carbocycles. The van der Waals surface area contributed by atoms with E-state index >= 15 is 0 Å². The number of benzene rings is 2. The van der Waals surface area contributed by atoms with Crippen molar-refractivity contribution in [3.63, 3.8) is 0 Å². The number of anilines is 1. The van der Waals surface area contributed by atoms with Gasteiger partial charge in [-0.1, -0.05) is 6.07 Å². The number of nitrogens with one attached hydrogen (secondary N) is 3. The number of aromatic nitrogens is 4. The third kappa shape index (κ3) is 4.56. The topological polar surface area (TPSA) is 96.9 Å². The predicted molar refractivity (Wildman–Crippen MR) is 119 cm³/mol. The highest BCUT2D eigenvalue weighted by Crippen LogP contribution is 2.28. The van der Waals surface area contributed by atoms with Crippen molar-refractivity contribution in [1.29, 1.82) is 0 Å². The zero-order chi connectivity index (χ0) is 22.8. The van der Waals surface area contributed by atoms with Gasteiger partial charge in [0, 0.05) is 22.8 Å². The van der Waals surface area contributed by atoms with Gasteiger partial charge in [0.25, 0.3) is 5.91 Å². The summed E-state index contributed by atoms with van der Waals surface area (Å²) in [4.78, 5) is 12.8. The van der Waals surface area contributed by atoms with E-state index in [0.717, 1.165) is 42.6 Å². The minimum absolute atomic E-state index is 0.0166. The minimum atomic E-state index is -2.90. The van der Waals surface area contributed by atoms with Gasteiger partial charge in [0.2, 0.25) is 0 Å². The molecule has 1 amide bonds. The summed E-state index contributed by atoms with van der Waals surface area (Å²) < 4.78 is 31.0. The number of halogens is 2. The van der Waals surface area contributed by atoms with Gasteiger partial charge < -0.3 is 15.4 Å². The second-order valence-electron chi connectivity index (χ2n) is 7.88. The summed E-state index contributed by atoms with van der Waals surface area (Å²) in [6.45, 7) is -0.926. The number of hydrogen-bond donors (Lipinski definition) is 3. The van der Waals surface area contributed by atoms with Crippen LogP contribution in [0.15, 0.2) is 54.9 Å². The maximum absolute atomic E-state index is 12.8. The van der Waals surface area contributed by atoms with Crippen LogP contribution in [0.5, 0.6) is 5.75 Å². The van der Waals surface area contributed by atoms with Crippen molar-refractivity contribution in [2.75, 3.05) is 18.4 Å². The lowest BCUT2D eigenvalue weighted by molar-refractivity contribution is -0.0498. The summed E-state index contributed by atoms with van der Waals surface area (Å²) in [5.74, 6) is -0.394. The fraction of sp³-hybridized carbons (Fsp3) is 0.261. The van der Waals surface area contributed by atoms with Gasteiger partial charge in [0.05, 0.1) is 17.8 Å². The van der Waals surface area contributed by atoms with Crippen LogP contribution in [0.4, 0.5) is 14.5 Å². The molecular formula is C23H22F2N6O2. The van der Waals surface area contributed by atoms with Crippen molar-refractivity contribution in [2.45, 2.75) is 25.5 Å². The first-order chi connectivity index (χ1) is 16.1. The number of nitrogens with zero attached hydrogens (tertiary/aromatic N) is 3. The van der Waals surface area contributed by atoms with Crippen molar-refractivity contribution < 1.29 is 18.3 Å². The van der Waals surface area contributed by atoms with Crippen LogP contribution in [0, 0.1) is 0 Å². The molecule has 2 aromatic carbocycles. The highest BCUT2D eigenvalue weighted by molar-refractivity contribution is 6.11. The number of alkyl halides is 2. The van der Waals surface area contributed by atoms with Gasteiger partial charge in [-0.15, -0.1) is 0 Å². The molecule has 0 bridgehead atoms. The average molecular weight is 452 g/mol. The van der Waals surface area contributed by atoms with E-state index in [2.05, 4.69) is 30.7 Å². The zero-order valence-electron chi connectivity index (χ0n) is 17.6. The molecule has 33 heavy (non-hydrogen) atoms. The van der Waals surface area contributed by atoms with Gasteiger partial charge >= 0.3 is 6.61 Å². The van der Waals surface area contributed by atoms with E-state index in [1.54, 1.807) is 0 Å². The largest absolute Gasteiger partial charge is 0.435 e. The maximum atomic E-state index is 12.8. The number of carbonyl (C=O) groups excluding carboxylic acids is 1. The van der Waals surface area contributed by atoms with E-state index in [0.29, 0.717) is 17.1 Å². The molecule has 8 nitrogen and oxygen atoms in total. The fourth-order valence-corrected chi connectivity index (χ4v) is 4.03. The molecule has 4 aromatic rings. The van der Waals surface area contributed by atoms with Gasteiger partial charge in [-0.2, -0.15) is 19.0 Å². The standard InChI is InChI=1S/C23H22F2N6O2/c24-23(25)33-18-4-2-16(3-5-18)28-22(32)21-19-11-14(1-6-20(19)29-30-21)15-12-27-31(13-15)17-7-9-26-10-8-17/h1-6,11-13,17,23,26H,7-10H2,(H,28,32)(H,29,30). The van der Waals surface area contributed by atoms with Crippen LogP contribution < -0.4 is 15.4 Å². The zero-order valence-corrected chi connectivity index (χ0v) is 17.6. The molecule has 10 heteroatoms. The van der Waals surface area contributed by atoms with Crippen LogP contribution >= 0.6 is 0 Å². The predicted octanol–water partition coefficient (Wildman–Crippen LogP) is 4.20. The Hall–Kier alpha value is -3.79. The molecule has 3 heterocycles. The normalized spacial score (nSPS) is 14.6. The lowest BCUT2D eigenvalue weighted by Crippen LogP contribution is -2.29. The quantitative estimate of drug-likeness (QED) is 0.407. The Morgan fingerprint density at radius 3 is 2.67 bits per heavy atom. The number of H-pyrrole nitrogens is 1. The lowest BCUT2D eigenvalue weighted by atomic mass is 10.1. The van der Waals surface area contributed by atoms with Crippen LogP contribution in [0.25, 0.3) is 22.0 Å². The SMILES string of the molecule is O=C(Nc1ccc(OC(F)F)cc1)c1n[nH]c2ccc(-c3cnn(C4CCNCC4)c3)cc12. The van der Waals surface area contributed by atoms with Crippen molar-refractivity contribution in [3.8, 4) is 16.9 Å². The number of aromatic amines is 1. The highest BCUT2D eigenvalue weighted by Gasteiger charge is 2.18. The number of ether oxygens (including phenoxy) is 1. The van der Waals surface area contributed by atoms with E-state index in [1.165, 1.54) is 24.3 Å². The highest BCUT2D eigenvalue weighted by atomic mass is 19.3. The Bertz CT molecular complexity index is 1260. The number of amides is 1. The summed E-state index contributed by atoms with van der Waals surface area (Å²) in [6.07, 6.45) is 5.97.